The summed E-state index contributed by atoms with van der Waals surface area (Å²) in [5.41, 5.74) is 2.66. The highest BCUT2D eigenvalue weighted by atomic mass is 35.5. The zero-order valence-corrected chi connectivity index (χ0v) is 16.1. The summed E-state index contributed by atoms with van der Waals surface area (Å²) >= 11 is 5.88. The Labute approximate surface area is 162 Å². The van der Waals surface area contributed by atoms with E-state index in [0.29, 0.717) is 23.5 Å². The first-order chi connectivity index (χ1) is 12.9. The van der Waals surface area contributed by atoms with Gasteiger partial charge in [0.2, 0.25) is 0 Å². The van der Waals surface area contributed by atoms with Crippen LogP contribution >= 0.6 is 11.6 Å². The topological polar surface area (TPSA) is 65.4 Å². The fourth-order valence-electron chi connectivity index (χ4n) is 3.28. The normalized spacial score (nSPS) is 18.4. The third-order valence-electron chi connectivity index (χ3n) is 5.14. The van der Waals surface area contributed by atoms with Crippen LogP contribution < -0.4 is 10.6 Å². The van der Waals surface area contributed by atoms with Crippen molar-refractivity contribution < 1.29 is 4.39 Å². The molecule has 2 aliphatic rings. The molecule has 8 heteroatoms. The van der Waals surface area contributed by atoms with Crippen LogP contribution in [0, 0.1) is 11.2 Å². The lowest BCUT2D eigenvalue weighted by molar-refractivity contribution is 0.188. The largest absolute Gasteiger partial charge is 0.343 e. The van der Waals surface area contributed by atoms with Crippen molar-refractivity contribution in [2.75, 3.05) is 23.7 Å². The lowest BCUT2D eigenvalue weighted by Gasteiger charge is -2.39. The number of rotatable bonds is 2. The number of anilines is 3. The van der Waals surface area contributed by atoms with Crippen molar-refractivity contribution in [1.29, 1.82) is 0 Å². The van der Waals surface area contributed by atoms with Crippen molar-refractivity contribution in [3.8, 4) is 0 Å². The number of nitrogens with one attached hydrogen (secondary N) is 2. The lowest BCUT2D eigenvalue weighted by Crippen LogP contribution is -2.45. The van der Waals surface area contributed by atoms with Gasteiger partial charge in [-0.1, -0.05) is 25.4 Å². The Morgan fingerprint density at radius 2 is 2.00 bits per heavy atom. The Bertz CT molecular complexity index is 888. The molecule has 0 bridgehead atoms. The van der Waals surface area contributed by atoms with Gasteiger partial charge in [-0.05, 0) is 36.5 Å². The molecule has 0 unspecified atom stereocenters. The van der Waals surface area contributed by atoms with Crippen LogP contribution in [0.2, 0.25) is 5.02 Å². The van der Waals surface area contributed by atoms with Crippen LogP contribution in [0.4, 0.5) is 21.6 Å². The third kappa shape index (κ3) is 3.83. The average Bonchev–Trinajstić information content (AvgIpc) is 2.65. The van der Waals surface area contributed by atoms with Gasteiger partial charge in [0, 0.05) is 18.8 Å². The standard InChI is InChI=1S/C19H22ClFN6/c1-19(2)5-7-27(8-6-19)18-22-10-15-16(26-18)17(24-11-23-15)25-12-3-4-14(21)13(20)9-12/h3-4,9,11H,5-8,10H2,1-2H3,(H,22,26)(H,23,24,25). The maximum Gasteiger partial charge on any atom is 0.199 e. The summed E-state index contributed by atoms with van der Waals surface area (Å²) in [6, 6.07) is 4.49. The second-order valence-corrected chi connectivity index (χ2v) is 8.12. The molecular weight excluding hydrogens is 367 g/mol. The molecule has 1 aromatic heterocycles. The molecule has 6 nitrogen and oxygen atoms in total. The summed E-state index contributed by atoms with van der Waals surface area (Å²) in [4.78, 5) is 15.6. The van der Waals surface area contributed by atoms with Crippen LogP contribution in [-0.2, 0) is 6.54 Å². The van der Waals surface area contributed by atoms with Gasteiger partial charge in [0.25, 0.3) is 0 Å². The van der Waals surface area contributed by atoms with E-state index in [4.69, 9.17) is 11.6 Å². The van der Waals surface area contributed by atoms with Crippen LogP contribution in [0.3, 0.4) is 0 Å². The summed E-state index contributed by atoms with van der Waals surface area (Å²) in [7, 11) is 0. The van der Waals surface area contributed by atoms with Gasteiger partial charge in [-0.3, -0.25) is 0 Å². The minimum atomic E-state index is -0.451. The van der Waals surface area contributed by atoms with Crippen molar-refractivity contribution in [2.24, 2.45) is 10.4 Å². The van der Waals surface area contributed by atoms with Gasteiger partial charge in [0.1, 0.15) is 17.8 Å². The zero-order chi connectivity index (χ0) is 19.0. The number of aromatic nitrogens is 2. The smallest absolute Gasteiger partial charge is 0.199 e. The fourth-order valence-corrected chi connectivity index (χ4v) is 3.46. The van der Waals surface area contributed by atoms with Crippen LogP contribution in [0.15, 0.2) is 29.5 Å². The number of fused-ring (bicyclic) bond motifs is 1. The van der Waals surface area contributed by atoms with E-state index in [2.05, 4.69) is 44.3 Å². The fraction of sp³-hybridized carbons (Fsp3) is 0.421. The van der Waals surface area contributed by atoms with Gasteiger partial charge in [-0.25, -0.2) is 19.4 Å². The molecule has 3 heterocycles. The van der Waals surface area contributed by atoms with E-state index in [1.54, 1.807) is 6.07 Å². The minimum Gasteiger partial charge on any atom is -0.343 e. The molecule has 0 aliphatic carbocycles. The molecule has 1 saturated heterocycles. The predicted octanol–water partition coefficient (Wildman–Crippen LogP) is 4.42. The molecule has 1 aromatic carbocycles. The number of aliphatic imine (C=N–C) groups is 1. The van der Waals surface area contributed by atoms with Crippen molar-refractivity contribution in [1.82, 2.24) is 14.9 Å². The minimum absolute atomic E-state index is 0.0639. The highest BCUT2D eigenvalue weighted by Crippen LogP contribution is 2.33. The number of benzene rings is 1. The Morgan fingerprint density at radius 1 is 1.22 bits per heavy atom. The predicted molar refractivity (Wildman–Crippen MR) is 106 cm³/mol. The van der Waals surface area contributed by atoms with Gasteiger partial charge in [-0.2, -0.15) is 0 Å². The quantitative estimate of drug-likeness (QED) is 0.797. The van der Waals surface area contributed by atoms with Crippen LogP contribution in [-0.4, -0.2) is 33.9 Å². The Balaban J connectivity index is 1.54. The molecule has 0 saturated carbocycles. The molecule has 0 atom stereocenters. The number of nitrogens with zero attached hydrogens (tertiary/aromatic N) is 4. The van der Waals surface area contributed by atoms with Gasteiger partial charge in [-0.15, -0.1) is 0 Å². The number of hydrogen-bond acceptors (Lipinski definition) is 6. The number of likely N-dealkylation sites (tertiary alicyclic amines) is 1. The van der Waals surface area contributed by atoms with E-state index in [1.165, 1.54) is 18.5 Å². The zero-order valence-electron chi connectivity index (χ0n) is 15.4. The van der Waals surface area contributed by atoms with Crippen LogP contribution in [0.1, 0.15) is 32.4 Å². The van der Waals surface area contributed by atoms with E-state index >= 15 is 0 Å². The number of hydrogen-bond donors (Lipinski definition) is 2. The van der Waals surface area contributed by atoms with Crippen LogP contribution in [0.25, 0.3) is 0 Å². The number of piperidine rings is 1. The second kappa shape index (κ2) is 6.96. The molecule has 4 rings (SSSR count). The molecule has 2 aromatic rings. The van der Waals surface area contributed by atoms with Gasteiger partial charge in [0.05, 0.1) is 17.3 Å². The first-order valence-corrected chi connectivity index (χ1v) is 9.41. The molecule has 27 heavy (non-hydrogen) atoms. The Kier molecular flexibility index (Phi) is 4.63. The van der Waals surface area contributed by atoms with E-state index in [9.17, 15) is 4.39 Å². The first-order valence-electron chi connectivity index (χ1n) is 9.04. The molecule has 142 valence electrons. The molecule has 2 N–H and O–H groups in total. The second-order valence-electron chi connectivity index (χ2n) is 7.71. The highest BCUT2D eigenvalue weighted by Gasteiger charge is 2.29. The van der Waals surface area contributed by atoms with E-state index < -0.39 is 5.82 Å². The number of halogens is 2. The summed E-state index contributed by atoms with van der Waals surface area (Å²) in [5, 5.41) is 6.65. The summed E-state index contributed by atoms with van der Waals surface area (Å²) in [6.45, 7) is 7.05. The van der Waals surface area contributed by atoms with E-state index in [0.717, 1.165) is 43.3 Å². The third-order valence-corrected chi connectivity index (χ3v) is 5.43. The van der Waals surface area contributed by atoms with Crippen LogP contribution in [0.5, 0.6) is 0 Å². The van der Waals surface area contributed by atoms with Crippen molar-refractivity contribution in [3.63, 3.8) is 0 Å². The van der Waals surface area contributed by atoms with Gasteiger partial charge < -0.3 is 15.5 Å². The first kappa shape index (κ1) is 18.0. The van der Waals surface area contributed by atoms with Gasteiger partial charge >= 0.3 is 0 Å². The number of guanidine groups is 1. The van der Waals surface area contributed by atoms with E-state index in [-0.39, 0.29) is 5.02 Å². The van der Waals surface area contributed by atoms with E-state index in [1.807, 2.05) is 0 Å². The summed E-state index contributed by atoms with van der Waals surface area (Å²) in [5.74, 6) is 1.02. The molecule has 0 radical (unpaired) electrons. The maximum atomic E-state index is 13.4. The highest BCUT2D eigenvalue weighted by molar-refractivity contribution is 6.31. The van der Waals surface area contributed by atoms with Gasteiger partial charge in [0.15, 0.2) is 11.8 Å². The summed E-state index contributed by atoms with van der Waals surface area (Å²) in [6.07, 6.45) is 3.76. The maximum absolute atomic E-state index is 13.4. The molecular formula is C19H22ClFN6. The Morgan fingerprint density at radius 3 is 2.74 bits per heavy atom. The molecule has 0 spiro atoms. The van der Waals surface area contributed by atoms with Crippen molar-refractivity contribution in [2.45, 2.75) is 33.2 Å². The molecule has 2 aliphatic heterocycles. The molecule has 1 fully saturated rings. The summed E-state index contributed by atoms with van der Waals surface area (Å²) < 4.78 is 13.4. The van der Waals surface area contributed by atoms with Crippen molar-refractivity contribution >= 4 is 34.8 Å². The lowest BCUT2D eigenvalue weighted by atomic mass is 9.83. The monoisotopic (exact) mass is 388 g/mol. The SMILES string of the molecule is CC1(C)CCN(C2=NCc3ncnc(Nc4ccc(F)c(Cl)c4)c3N2)CC1. The van der Waals surface area contributed by atoms with Crippen molar-refractivity contribution in [3.05, 3.63) is 41.1 Å². The Hall–Kier alpha value is -2.41. The average molecular weight is 389 g/mol. The molecule has 0 amide bonds.